The van der Waals surface area contributed by atoms with Crippen molar-refractivity contribution in [2.24, 2.45) is 0 Å². The number of nitrogens with two attached hydrogens (primary N) is 1. The molecule has 0 fully saturated rings. The molecule has 0 aliphatic rings. The lowest BCUT2D eigenvalue weighted by Crippen LogP contribution is -2.04. The maximum Gasteiger partial charge on any atom is 0.337 e. The molecule has 82 valence electrons. The molecule has 0 amide bonds. The zero-order valence-electron chi connectivity index (χ0n) is 8.27. The van der Waals surface area contributed by atoms with Crippen molar-refractivity contribution < 1.29 is 14.3 Å². The first kappa shape index (κ1) is 11.7. The number of hydrogen-bond acceptors (Lipinski definition) is 3. The van der Waals surface area contributed by atoms with Crippen LogP contribution in [0.3, 0.4) is 0 Å². The van der Waals surface area contributed by atoms with Gasteiger partial charge in [0.15, 0.2) is 0 Å². The molecule has 0 heterocycles. The van der Waals surface area contributed by atoms with Crippen LogP contribution in [-0.2, 0) is 0 Å². The van der Waals surface area contributed by atoms with Gasteiger partial charge in [-0.1, -0.05) is 12.2 Å². The van der Waals surface area contributed by atoms with Crippen molar-refractivity contribution in [2.45, 2.75) is 6.42 Å². The number of carboxylic acids is 1. The third-order valence-corrected chi connectivity index (χ3v) is 1.91. The monoisotopic (exact) mass is 220 g/mol. The molecule has 0 spiro atoms. The first-order valence-corrected chi connectivity index (χ1v) is 4.42. The van der Waals surface area contributed by atoms with E-state index in [1.54, 1.807) is 0 Å². The van der Waals surface area contributed by atoms with Crippen molar-refractivity contribution in [3.63, 3.8) is 0 Å². The summed E-state index contributed by atoms with van der Waals surface area (Å²) in [5, 5.41) is 17.1. The second-order valence-electron chi connectivity index (χ2n) is 3.03. The zero-order chi connectivity index (χ0) is 12.1. The van der Waals surface area contributed by atoms with Gasteiger partial charge in [0.2, 0.25) is 0 Å². The Hall–Kier alpha value is -2.35. The van der Waals surface area contributed by atoms with Crippen LogP contribution in [0.4, 0.5) is 10.1 Å². The van der Waals surface area contributed by atoms with Gasteiger partial charge >= 0.3 is 5.97 Å². The average molecular weight is 220 g/mol. The van der Waals surface area contributed by atoms with E-state index in [1.807, 2.05) is 6.07 Å². The molecular weight excluding hydrogens is 211 g/mol. The van der Waals surface area contributed by atoms with Crippen LogP contribution in [0.15, 0.2) is 18.2 Å². The van der Waals surface area contributed by atoms with E-state index in [-0.39, 0.29) is 23.2 Å². The summed E-state index contributed by atoms with van der Waals surface area (Å²) in [7, 11) is 0. The summed E-state index contributed by atoms with van der Waals surface area (Å²) in [6.07, 6.45) is 2.93. The van der Waals surface area contributed by atoms with Crippen LogP contribution in [0.5, 0.6) is 0 Å². The quantitative estimate of drug-likeness (QED) is 0.763. The van der Waals surface area contributed by atoms with E-state index in [9.17, 15) is 9.18 Å². The van der Waals surface area contributed by atoms with Crippen LogP contribution in [-0.4, -0.2) is 11.1 Å². The lowest BCUT2D eigenvalue weighted by atomic mass is 10.1. The van der Waals surface area contributed by atoms with E-state index in [0.717, 1.165) is 12.1 Å². The van der Waals surface area contributed by atoms with E-state index in [4.69, 9.17) is 16.1 Å². The topological polar surface area (TPSA) is 87.1 Å². The largest absolute Gasteiger partial charge is 0.478 e. The molecule has 1 rings (SSSR count). The Balaban J connectivity index is 3.16. The van der Waals surface area contributed by atoms with Gasteiger partial charge in [-0.25, -0.2) is 9.18 Å². The van der Waals surface area contributed by atoms with E-state index in [0.29, 0.717) is 0 Å². The standard InChI is InChI=1S/C11H9FN2O2/c12-9-6-10(14)8(11(15)16)5-7(9)3-1-2-4-13/h1,3,5-6H,2,14H2,(H,15,16). The predicted molar refractivity (Wildman–Crippen MR) is 57.0 cm³/mol. The first-order chi connectivity index (χ1) is 7.56. The van der Waals surface area contributed by atoms with Gasteiger partial charge < -0.3 is 10.8 Å². The highest BCUT2D eigenvalue weighted by Gasteiger charge is 2.11. The fourth-order valence-electron chi connectivity index (χ4n) is 1.16. The Kier molecular flexibility index (Phi) is 3.62. The van der Waals surface area contributed by atoms with Gasteiger partial charge in [-0.2, -0.15) is 5.26 Å². The number of carbonyl (C=O) groups is 1. The van der Waals surface area contributed by atoms with E-state index in [1.165, 1.54) is 12.2 Å². The van der Waals surface area contributed by atoms with Gasteiger partial charge in [0, 0.05) is 11.3 Å². The second-order valence-corrected chi connectivity index (χ2v) is 3.03. The van der Waals surface area contributed by atoms with Crippen LogP contribution in [0.1, 0.15) is 22.3 Å². The molecule has 0 aliphatic heterocycles. The van der Waals surface area contributed by atoms with Crippen molar-refractivity contribution in [3.05, 3.63) is 35.2 Å². The van der Waals surface area contributed by atoms with Crippen LogP contribution < -0.4 is 5.73 Å². The van der Waals surface area contributed by atoms with E-state index >= 15 is 0 Å². The van der Waals surface area contributed by atoms with Crippen molar-refractivity contribution in [2.75, 3.05) is 5.73 Å². The molecular formula is C11H9FN2O2. The van der Waals surface area contributed by atoms with Crippen molar-refractivity contribution in [1.82, 2.24) is 0 Å². The summed E-state index contributed by atoms with van der Waals surface area (Å²) >= 11 is 0. The van der Waals surface area contributed by atoms with Crippen LogP contribution in [0.25, 0.3) is 6.08 Å². The Morgan fingerprint density at radius 2 is 2.31 bits per heavy atom. The Morgan fingerprint density at radius 1 is 1.62 bits per heavy atom. The minimum atomic E-state index is -1.22. The fraction of sp³-hybridized carbons (Fsp3) is 0.0909. The van der Waals surface area contributed by atoms with Crippen molar-refractivity contribution >= 4 is 17.7 Å². The molecule has 16 heavy (non-hydrogen) atoms. The number of anilines is 1. The molecule has 0 bridgehead atoms. The molecule has 0 aromatic heterocycles. The van der Waals surface area contributed by atoms with E-state index in [2.05, 4.69) is 0 Å². The summed E-state index contributed by atoms with van der Waals surface area (Å²) < 4.78 is 13.3. The molecule has 3 N–H and O–H groups in total. The van der Waals surface area contributed by atoms with Gasteiger partial charge in [-0.3, -0.25) is 0 Å². The predicted octanol–water partition coefficient (Wildman–Crippen LogP) is 2.03. The van der Waals surface area contributed by atoms with Gasteiger partial charge in [0.05, 0.1) is 18.1 Å². The molecule has 1 aromatic carbocycles. The number of halogens is 1. The van der Waals surface area contributed by atoms with Gasteiger partial charge in [0.25, 0.3) is 0 Å². The number of nitriles is 1. The highest BCUT2D eigenvalue weighted by atomic mass is 19.1. The van der Waals surface area contributed by atoms with Gasteiger partial charge in [0.1, 0.15) is 5.82 Å². The summed E-state index contributed by atoms with van der Waals surface area (Å²) in [5.74, 6) is -1.83. The summed E-state index contributed by atoms with van der Waals surface area (Å²) in [6.45, 7) is 0. The number of allylic oxidation sites excluding steroid dienone is 1. The second kappa shape index (κ2) is 4.94. The first-order valence-electron chi connectivity index (χ1n) is 4.42. The summed E-state index contributed by atoms with van der Waals surface area (Å²) in [4.78, 5) is 10.7. The van der Waals surface area contributed by atoms with Crippen LogP contribution in [0, 0.1) is 17.1 Å². The van der Waals surface area contributed by atoms with Crippen LogP contribution >= 0.6 is 0 Å². The Bertz CT molecular complexity index is 489. The molecule has 4 nitrogen and oxygen atoms in total. The minimum absolute atomic E-state index is 0.0989. The number of benzene rings is 1. The molecule has 0 radical (unpaired) electrons. The Labute approximate surface area is 91.4 Å². The van der Waals surface area contributed by atoms with Crippen molar-refractivity contribution in [1.29, 1.82) is 5.26 Å². The normalized spacial score (nSPS) is 10.2. The number of carboxylic acid groups (broad SMARTS) is 1. The maximum atomic E-state index is 13.3. The number of nitrogen functional groups attached to an aromatic ring is 1. The van der Waals surface area contributed by atoms with Crippen LogP contribution in [0.2, 0.25) is 0 Å². The molecule has 1 aromatic rings. The molecule has 0 aliphatic carbocycles. The number of aromatic carboxylic acids is 1. The number of nitrogens with zero attached hydrogens (tertiary/aromatic N) is 1. The molecule has 0 saturated heterocycles. The molecule has 5 heteroatoms. The highest BCUT2D eigenvalue weighted by molar-refractivity contribution is 5.94. The molecule has 0 unspecified atom stereocenters. The maximum absolute atomic E-state index is 13.3. The third-order valence-electron chi connectivity index (χ3n) is 1.91. The third kappa shape index (κ3) is 2.58. The summed E-state index contributed by atoms with van der Waals surface area (Å²) in [6, 6.07) is 3.95. The summed E-state index contributed by atoms with van der Waals surface area (Å²) in [5.41, 5.74) is 5.17. The fourth-order valence-corrected chi connectivity index (χ4v) is 1.16. The zero-order valence-corrected chi connectivity index (χ0v) is 8.27. The number of rotatable bonds is 3. The van der Waals surface area contributed by atoms with E-state index < -0.39 is 11.8 Å². The van der Waals surface area contributed by atoms with Gasteiger partial charge in [-0.05, 0) is 12.1 Å². The SMILES string of the molecule is N#CCC=Cc1cc(C(=O)O)c(N)cc1F. The highest BCUT2D eigenvalue weighted by Crippen LogP contribution is 2.19. The lowest BCUT2D eigenvalue weighted by molar-refractivity contribution is 0.0698. The minimum Gasteiger partial charge on any atom is -0.478 e. The molecule has 0 atom stereocenters. The van der Waals surface area contributed by atoms with Gasteiger partial charge in [-0.15, -0.1) is 0 Å². The lowest BCUT2D eigenvalue weighted by Gasteiger charge is -2.03. The smallest absolute Gasteiger partial charge is 0.337 e. The molecule has 0 saturated carbocycles. The number of hydrogen-bond donors (Lipinski definition) is 2. The average Bonchev–Trinajstić information content (AvgIpc) is 2.21. The Morgan fingerprint density at radius 3 is 2.88 bits per heavy atom. The van der Waals surface area contributed by atoms with Crippen molar-refractivity contribution in [3.8, 4) is 6.07 Å².